The number of allylic oxidation sites excluding steroid dienone is 2. The van der Waals surface area contributed by atoms with Crippen LogP contribution in [0.2, 0.25) is 0 Å². The summed E-state index contributed by atoms with van der Waals surface area (Å²) >= 11 is 6.36. The number of Topliss-reactive ketones (excluding diaryl/α,β-unsaturated/α-hetero) is 2. The Bertz CT molecular complexity index is 1480. The van der Waals surface area contributed by atoms with E-state index in [4.69, 9.17) is 16.3 Å². The number of nitrogens with one attached hydrogen (secondary N) is 1. The highest BCUT2D eigenvalue weighted by Crippen LogP contribution is 2.41. The van der Waals surface area contributed by atoms with E-state index in [0.29, 0.717) is 40.5 Å². The topological polar surface area (TPSA) is 75.7 Å². The van der Waals surface area contributed by atoms with Crippen LogP contribution < -0.4 is 14.4 Å². The molecule has 1 aliphatic heterocycles. The van der Waals surface area contributed by atoms with Gasteiger partial charge >= 0.3 is 0 Å². The molecule has 1 heterocycles. The minimum absolute atomic E-state index is 0.00521. The molecule has 0 fully saturated rings. The predicted octanol–water partition coefficient (Wildman–Crippen LogP) is 4.69. The number of hydrogen-bond donors (Lipinski definition) is 1. The largest absolute Gasteiger partial charge is 0.497 e. The highest BCUT2D eigenvalue weighted by Gasteiger charge is 2.34. The fourth-order valence-corrected chi connectivity index (χ4v) is 6.27. The fourth-order valence-electron chi connectivity index (χ4n) is 4.32. The average Bonchev–Trinajstić information content (AvgIpc) is 3.31. The Morgan fingerprint density at radius 1 is 0.971 bits per heavy atom. The molecule has 1 N–H and O–H groups in total. The van der Waals surface area contributed by atoms with Crippen molar-refractivity contribution in [2.45, 2.75) is 11.3 Å². The molecule has 0 bridgehead atoms. The quantitative estimate of drug-likeness (QED) is 0.523. The van der Waals surface area contributed by atoms with Gasteiger partial charge in [0, 0.05) is 22.6 Å². The van der Waals surface area contributed by atoms with Gasteiger partial charge in [-0.05, 0) is 48.2 Å². The van der Waals surface area contributed by atoms with Gasteiger partial charge in [0.2, 0.25) is 11.6 Å². The Kier molecular flexibility index (Phi) is 5.46. The lowest BCUT2D eigenvalue weighted by Gasteiger charge is -2.27. The zero-order valence-corrected chi connectivity index (χ0v) is 19.9. The Balaban J connectivity index is 1.56. The molecular formula is C26H21ClN2O4S. The molecule has 5 rings (SSSR count). The molecule has 0 spiro atoms. The predicted molar refractivity (Wildman–Crippen MR) is 136 cm³/mol. The van der Waals surface area contributed by atoms with Crippen LogP contribution in [0.25, 0.3) is 0 Å². The molecule has 0 aromatic heterocycles. The van der Waals surface area contributed by atoms with Crippen molar-refractivity contribution in [3.63, 3.8) is 0 Å². The first-order valence-electron chi connectivity index (χ1n) is 10.6. The number of halogens is 1. The summed E-state index contributed by atoms with van der Waals surface area (Å²) in [4.78, 5) is 26.5. The Hall–Kier alpha value is -3.55. The van der Waals surface area contributed by atoms with Gasteiger partial charge in [-0.2, -0.15) is 0 Å². The lowest BCUT2D eigenvalue weighted by atomic mass is 9.92. The number of rotatable bonds is 5. The van der Waals surface area contributed by atoms with E-state index in [1.54, 1.807) is 66.0 Å². The van der Waals surface area contributed by atoms with Gasteiger partial charge in [0.05, 0.1) is 28.2 Å². The van der Waals surface area contributed by atoms with Crippen LogP contribution in [-0.4, -0.2) is 35.3 Å². The number of anilines is 2. The van der Waals surface area contributed by atoms with E-state index in [9.17, 15) is 13.8 Å². The maximum Gasteiger partial charge on any atom is 0.211 e. The monoisotopic (exact) mass is 492 g/mol. The van der Waals surface area contributed by atoms with Crippen molar-refractivity contribution in [1.29, 1.82) is 0 Å². The summed E-state index contributed by atoms with van der Waals surface area (Å²) in [6, 6.07) is 19.1. The van der Waals surface area contributed by atoms with Gasteiger partial charge in [-0.15, -0.1) is 0 Å². The summed E-state index contributed by atoms with van der Waals surface area (Å²) in [5.74, 6) is 3.94. The second-order valence-electron chi connectivity index (χ2n) is 8.00. The third kappa shape index (κ3) is 3.48. The summed E-state index contributed by atoms with van der Waals surface area (Å²) in [6.45, 7) is 0.491. The Labute approximate surface area is 202 Å². The van der Waals surface area contributed by atoms with E-state index >= 15 is 0 Å². The van der Waals surface area contributed by atoms with Crippen LogP contribution in [0, 0.1) is 0 Å². The minimum atomic E-state index is -2.89. The number of ether oxygens (including phenoxy) is 1. The van der Waals surface area contributed by atoms with Crippen LogP contribution in [0.15, 0.2) is 82.4 Å². The molecule has 1 aliphatic carbocycles. The minimum Gasteiger partial charge on any atom is -0.497 e. The molecule has 0 saturated heterocycles. The molecule has 0 amide bonds. The van der Waals surface area contributed by atoms with Gasteiger partial charge in [0.1, 0.15) is 16.5 Å². The van der Waals surface area contributed by atoms with Gasteiger partial charge in [-0.1, -0.05) is 48.0 Å². The SMILES string of the molecule is C=S(=O)(c1ccc(OC)cc1)N1CCc2cccc(NC3=C(Cl)C(=O)c4ccccc4C3=O)c21. The molecule has 8 heteroatoms. The number of fused-ring (bicyclic) bond motifs is 2. The summed E-state index contributed by atoms with van der Waals surface area (Å²) in [5, 5.41) is 2.92. The molecule has 2 aliphatic rings. The van der Waals surface area contributed by atoms with Gasteiger partial charge in [-0.3, -0.25) is 13.9 Å². The molecule has 6 nitrogen and oxygen atoms in total. The van der Waals surface area contributed by atoms with E-state index in [2.05, 4.69) is 11.2 Å². The normalized spacial score (nSPS) is 16.7. The number of methoxy groups -OCH3 is 1. The Morgan fingerprint density at radius 3 is 2.32 bits per heavy atom. The third-order valence-electron chi connectivity index (χ3n) is 6.06. The zero-order chi connectivity index (χ0) is 24.0. The van der Waals surface area contributed by atoms with E-state index in [0.717, 1.165) is 5.56 Å². The standard InChI is InChI=1S/C26H21ClN2O4S/c1-33-17-10-12-18(13-11-17)34(2,32)29-15-14-16-6-5-9-21(24(16)29)28-23-22(27)25(30)19-7-3-4-8-20(19)26(23)31/h3-13,28H,2,14-15H2,1H3. The lowest BCUT2D eigenvalue weighted by molar-refractivity contribution is 0.0982. The molecule has 1 atom stereocenters. The lowest BCUT2D eigenvalue weighted by Crippen LogP contribution is -2.30. The van der Waals surface area contributed by atoms with E-state index < -0.39 is 15.5 Å². The number of nitrogens with zero attached hydrogens (tertiary/aromatic N) is 1. The van der Waals surface area contributed by atoms with Crippen molar-refractivity contribution in [2.75, 3.05) is 23.3 Å². The molecule has 0 saturated carbocycles. The number of benzene rings is 3. The van der Waals surface area contributed by atoms with Crippen molar-refractivity contribution in [1.82, 2.24) is 0 Å². The van der Waals surface area contributed by atoms with Crippen LogP contribution in [0.4, 0.5) is 11.4 Å². The molecule has 34 heavy (non-hydrogen) atoms. The third-order valence-corrected chi connectivity index (χ3v) is 8.51. The average molecular weight is 493 g/mol. The van der Waals surface area contributed by atoms with Crippen LogP contribution in [0.5, 0.6) is 5.75 Å². The van der Waals surface area contributed by atoms with Crippen molar-refractivity contribution in [2.24, 2.45) is 0 Å². The summed E-state index contributed by atoms with van der Waals surface area (Å²) in [6.07, 6.45) is 0.663. The summed E-state index contributed by atoms with van der Waals surface area (Å²) in [7, 11) is -1.32. The number of carbonyl (C=O) groups excluding carboxylic acids is 2. The maximum absolute atomic E-state index is 13.9. The van der Waals surface area contributed by atoms with Gasteiger partial charge in [0.25, 0.3) is 0 Å². The Morgan fingerprint density at radius 2 is 1.65 bits per heavy atom. The van der Waals surface area contributed by atoms with Gasteiger partial charge in [-0.25, -0.2) is 4.21 Å². The van der Waals surface area contributed by atoms with E-state index in [-0.39, 0.29) is 22.1 Å². The van der Waals surface area contributed by atoms with E-state index in [1.165, 1.54) is 0 Å². The summed E-state index contributed by atoms with van der Waals surface area (Å²) < 4.78 is 20.9. The van der Waals surface area contributed by atoms with Crippen LogP contribution >= 0.6 is 11.6 Å². The first-order valence-corrected chi connectivity index (χ1v) is 12.6. The number of hydrogen-bond acceptors (Lipinski definition) is 5. The zero-order valence-electron chi connectivity index (χ0n) is 18.3. The van der Waals surface area contributed by atoms with Gasteiger partial charge in [0.15, 0.2) is 0 Å². The number of carbonyl (C=O) groups is 2. The first kappa shape index (κ1) is 22.3. The van der Waals surface area contributed by atoms with Crippen molar-refractivity contribution in [3.05, 3.63) is 94.1 Å². The molecular weight excluding hydrogens is 472 g/mol. The maximum atomic E-state index is 13.9. The second-order valence-corrected chi connectivity index (χ2v) is 10.6. The molecule has 3 aromatic rings. The van der Waals surface area contributed by atoms with Crippen LogP contribution in [0.1, 0.15) is 26.3 Å². The van der Waals surface area contributed by atoms with Crippen molar-refractivity contribution >= 4 is 50.1 Å². The molecule has 1 unspecified atom stereocenters. The first-order chi connectivity index (χ1) is 16.3. The summed E-state index contributed by atoms with van der Waals surface area (Å²) in [5.41, 5.74) is 2.75. The van der Waals surface area contributed by atoms with Crippen molar-refractivity contribution < 1.29 is 18.5 Å². The van der Waals surface area contributed by atoms with Crippen LogP contribution in [0.3, 0.4) is 0 Å². The number of ketones is 2. The highest BCUT2D eigenvalue weighted by atomic mass is 35.5. The molecule has 3 aromatic carbocycles. The molecule has 172 valence electrons. The van der Waals surface area contributed by atoms with Gasteiger partial charge < -0.3 is 10.1 Å². The highest BCUT2D eigenvalue weighted by molar-refractivity contribution is 8.01. The number of para-hydroxylation sites is 1. The van der Waals surface area contributed by atoms with E-state index in [1.807, 2.05) is 12.1 Å². The smallest absolute Gasteiger partial charge is 0.211 e. The van der Waals surface area contributed by atoms with Crippen molar-refractivity contribution in [3.8, 4) is 5.75 Å². The second kappa shape index (κ2) is 8.34. The van der Waals surface area contributed by atoms with Crippen LogP contribution in [-0.2, 0) is 16.1 Å². The fraction of sp³-hybridized carbons (Fsp3) is 0.115. The molecule has 0 radical (unpaired) electrons.